The van der Waals surface area contributed by atoms with Crippen LogP contribution >= 0.6 is 11.6 Å². The van der Waals surface area contributed by atoms with Crippen molar-refractivity contribution in [3.8, 4) is 0 Å². The van der Waals surface area contributed by atoms with E-state index in [1.807, 2.05) is 0 Å². The molecule has 3 nitrogen and oxygen atoms in total. The van der Waals surface area contributed by atoms with Crippen LogP contribution in [0.5, 0.6) is 0 Å². The molecule has 0 aromatic carbocycles. The SMILES string of the molecule is CCC(CC1CC1)Nc1nc(Cl)ncc1F. The fraction of sp³-hybridized carbons (Fsp3) is 0.636. The van der Waals surface area contributed by atoms with Gasteiger partial charge in [-0.05, 0) is 30.4 Å². The Balaban J connectivity index is 2.01. The minimum absolute atomic E-state index is 0.0742. The highest BCUT2D eigenvalue weighted by Crippen LogP contribution is 2.34. The molecule has 0 saturated heterocycles. The summed E-state index contributed by atoms with van der Waals surface area (Å²) in [5.74, 6) is 0.573. The molecule has 0 aliphatic heterocycles. The third-order valence-corrected chi connectivity index (χ3v) is 3.05. The van der Waals surface area contributed by atoms with Crippen molar-refractivity contribution in [1.29, 1.82) is 0 Å². The maximum Gasteiger partial charge on any atom is 0.224 e. The summed E-state index contributed by atoms with van der Waals surface area (Å²) in [4.78, 5) is 7.44. The molecule has 1 aliphatic rings. The molecule has 0 bridgehead atoms. The molecule has 0 spiro atoms. The predicted octanol–water partition coefficient (Wildman–Crippen LogP) is 3.26. The Bertz CT molecular complexity index is 368. The average molecular weight is 244 g/mol. The van der Waals surface area contributed by atoms with Crippen molar-refractivity contribution in [2.45, 2.75) is 38.6 Å². The third kappa shape index (κ3) is 3.04. The summed E-state index contributed by atoms with van der Waals surface area (Å²) in [5, 5.41) is 3.17. The molecule has 1 atom stereocenters. The lowest BCUT2D eigenvalue weighted by molar-refractivity contribution is 0.568. The van der Waals surface area contributed by atoms with E-state index in [0.29, 0.717) is 0 Å². The Morgan fingerprint density at radius 2 is 2.38 bits per heavy atom. The van der Waals surface area contributed by atoms with E-state index in [-0.39, 0.29) is 17.1 Å². The molecule has 16 heavy (non-hydrogen) atoms. The first kappa shape index (κ1) is 11.6. The van der Waals surface area contributed by atoms with Crippen LogP contribution in [-0.4, -0.2) is 16.0 Å². The largest absolute Gasteiger partial charge is 0.365 e. The van der Waals surface area contributed by atoms with Crippen LogP contribution in [0.4, 0.5) is 10.2 Å². The van der Waals surface area contributed by atoms with E-state index in [0.717, 1.165) is 25.0 Å². The highest BCUT2D eigenvalue weighted by molar-refractivity contribution is 6.28. The second kappa shape index (κ2) is 4.95. The van der Waals surface area contributed by atoms with Crippen molar-refractivity contribution in [1.82, 2.24) is 9.97 Å². The molecule has 5 heteroatoms. The minimum atomic E-state index is -0.446. The van der Waals surface area contributed by atoms with Gasteiger partial charge >= 0.3 is 0 Å². The highest BCUT2D eigenvalue weighted by atomic mass is 35.5. The Hall–Kier alpha value is -0.900. The maximum atomic E-state index is 13.4. The van der Waals surface area contributed by atoms with Crippen molar-refractivity contribution in [3.05, 3.63) is 17.3 Å². The summed E-state index contributed by atoms with van der Waals surface area (Å²) in [6.45, 7) is 2.08. The van der Waals surface area contributed by atoms with Crippen LogP contribution < -0.4 is 5.32 Å². The lowest BCUT2D eigenvalue weighted by Crippen LogP contribution is -2.20. The number of hydrogen-bond donors (Lipinski definition) is 1. The lowest BCUT2D eigenvalue weighted by Gasteiger charge is -2.17. The van der Waals surface area contributed by atoms with Crippen LogP contribution in [0.25, 0.3) is 0 Å². The summed E-state index contributed by atoms with van der Waals surface area (Å²) in [5.41, 5.74) is 0. The van der Waals surface area contributed by atoms with Crippen molar-refractivity contribution >= 4 is 17.4 Å². The first-order valence-corrected chi connectivity index (χ1v) is 6.01. The summed E-state index contributed by atoms with van der Waals surface area (Å²) in [6, 6.07) is 0.271. The summed E-state index contributed by atoms with van der Waals surface area (Å²) < 4.78 is 13.4. The van der Waals surface area contributed by atoms with Gasteiger partial charge in [0.25, 0.3) is 0 Å². The summed E-state index contributed by atoms with van der Waals surface area (Å²) >= 11 is 5.63. The summed E-state index contributed by atoms with van der Waals surface area (Å²) in [7, 11) is 0. The molecule has 1 heterocycles. The standard InChI is InChI=1S/C11H15ClFN3/c1-2-8(5-7-3-4-7)15-10-9(13)6-14-11(12)16-10/h6-8H,2-5H2,1H3,(H,14,15,16). The number of nitrogens with one attached hydrogen (secondary N) is 1. The van der Waals surface area contributed by atoms with Gasteiger partial charge in [0.2, 0.25) is 5.28 Å². The molecule has 0 radical (unpaired) electrons. The van der Waals surface area contributed by atoms with Gasteiger partial charge in [0.1, 0.15) is 0 Å². The molecule has 1 aromatic rings. The van der Waals surface area contributed by atoms with Crippen molar-refractivity contribution in [3.63, 3.8) is 0 Å². The fourth-order valence-electron chi connectivity index (χ4n) is 1.72. The van der Waals surface area contributed by atoms with Crippen LogP contribution in [-0.2, 0) is 0 Å². The molecule has 1 saturated carbocycles. The quantitative estimate of drug-likeness (QED) is 0.807. The molecule has 1 aromatic heterocycles. The number of rotatable bonds is 5. The first-order chi connectivity index (χ1) is 7.69. The number of anilines is 1. The van der Waals surface area contributed by atoms with Gasteiger partial charge in [-0.15, -0.1) is 0 Å². The lowest BCUT2D eigenvalue weighted by atomic mass is 10.1. The Labute approximate surface area is 99.4 Å². The topological polar surface area (TPSA) is 37.8 Å². The first-order valence-electron chi connectivity index (χ1n) is 5.63. The molecular formula is C11H15ClFN3. The molecule has 2 rings (SSSR count). The molecule has 1 N–H and O–H groups in total. The van der Waals surface area contributed by atoms with E-state index in [1.54, 1.807) is 0 Å². The van der Waals surface area contributed by atoms with Crippen LogP contribution in [0.15, 0.2) is 6.20 Å². The van der Waals surface area contributed by atoms with Crippen LogP contribution in [0, 0.1) is 11.7 Å². The Morgan fingerprint density at radius 3 is 3.00 bits per heavy atom. The number of nitrogens with zero attached hydrogens (tertiary/aromatic N) is 2. The van der Waals surface area contributed by atoms with Crippen LogP contribution in [0.3, 0.4) is 0 Å². The maximum absolute atomic E-state index is 13.4. The van der Waals surface area contributed by atoms with E-state index in [1.165, 1.54) is 12.8 Å². The van der Waals surface area contributed by atoms with E-state index in [9.17, 15) is 4.39 Å². The molecule has 0 amide bonds. The van der Waals surface area contributed by atoms with Crippen LogP contribution in [0.2, 0.25) is 5.28 Å². The predicted molar refractivity (Wildman–Crippen MR) is 62.0 cm³/mol. The number of aromatic nitrogens is 2. The molecule has 1 unspecified atom stereocenters. The normalized spacial score (nSPS) is 17.2. The third-order valence-electron chi connectivity index (χ3n) is 2.86. The van der Waals surface area contributed by atoms with Crippen molar-refractivity contribution in [2.75, 3.05) is 5.32 Å². The highest BCUT2D eigenvalue weighted by Gasteiger charge is 2.25. The van der Waals surface area contributed by atoms with Crippen LogP contribution in [0.1, 0.15) is 32.6 Å². The number of hydrogen-bond acceptors (Lipinski definition) is 3. The second-order valence-corrected chi connectivity index (χ2v) is 4.60. The van der Waals surface area contributed by atoms with Gasteiger partial charge in [-0.3, -0.25) is 0 Å². The minimum Gasteiger partial charge on any atom is -0.365 e. The Morgan fingerprint density at radius 1 is 1.62 bits per heavy atom. The fourth-order valence-corrected chi connectivity index (χ4v) is 1.86. The van der Waals surface area contributed by atoms with Gasteiger partial charge in [0.15, 0.2) is 11.6 Å². The smallest absolute Gasteiger partial charge is 0.224 e. The Kier molecular flexibility index (Phi) is 3.59. The van der Waals surface area contributed by atoms with Crippen molar-refractivity contribution in [2.24, 2.45) is 5.92 Å². The van der Waals surface area contributed by atoms with Gasteiger partial charge in [0, 0.05) is 6.04 Å². The van der Waals surface area contributed by atoms with Gasteiger partial charge in [-0.1, -0.05) is 19.8 Å². The van der Waals surface area contributed by atoms with Crippen molar-refractivity contribution < 1.29 is 4.39 Å². The van der Waals surface area contributed by atoms with E-state index < -0.39 is 5.82 Å². The molecule has 1 aliphatic carbocycles. The molecular weight excluding hydrogens is 229 g/mol. The number of halogens is 2. The average Bonchev–Trinajstić information content (AvgIpc) is 3.06. The van der Waals surface area contributed by atoms with E-state index in [4.69, 9.17) is 11.6 Å². The van der Waals surface area contributed by atoms with E-state index >= 15 is 0 Å². The zero-order valence-corrected chi connectivity index (χ0v) is 9.97. The zero-order chi connectivity index (χ0) is 11.5. The van der Waals surface area contributed by atoms with E-state index in [2.05, 4.69) is 22.2 Å². The molecule has 88 valence electrons. The van der Waals surface area contributed by atoms with Gasteiger partial charge in [-0.2, -0.15) is 4.98 Å². The van der Waals surface area contributed by atoms with Gasteiger partial charge in [-0.25, -0.2) is 9.37 Å². The zero-order valence-electron chi connectivity index (χ0n) is 9.21. The van der Waals surface area contributed by atoms with Gasteiger partial charge < -0.3 is 5.32 Å². The van der Waals surface area contributed by atoms with Gasteiger partial charge in [0.05, 0.1) is 6.20 Å². The summed E-state index contributed by atoms with van der Waals surface area (Å²) in [6.07, 6.45) is 5.73. The second-order valence-electron chi connectivity index (χ2n) is 4.26. The molecule has 1 fully saturated rings. The monoisotopic (exact) mass is 243 g/mol.